The van der Waals surface area contributed by atoms with E-state index in [1.54, 1.807) is 17.4 Å². The molecule has 0 N–H and O–H groups in total. The van der Waals surface area contributed by atoms with Crippen LogP contribution in [0.15, 0.2) is 16.8 Å². The van der Waals surface area contributed by atoms with E-state index in [9.17, 15) is 4.79 Å². The van der Waals surface area contributed by atoms with Crippen molar-refractivity contribution in [3.8, 4) is 0 Å². The number of carbonyl (C=O) groups excluding carboxylic acids is 1. The van der Waals surface area contributed by atoms with Crippen LogP contribution in [-0.2, 0) is 19.9 Å². The molecule has 0 radical (unpaired) electrons. The van der Waals surface area contributed by atoms with Gasteiger partial charge in [-0.3, -0.25) is 0 Å². The largest absolute Gasteiger partial charge is 0.444 e. The Morgan fingerprint density at radius 1 is 1.61 bits per heavy atom. The van der Waals surface area contributed by atoms with Crippen LogP contribution >= 0.6 is 0 Å². The van der Waals surface area contributed by atoms with E-state index in [2.05, 4.69) is 4.36 Å². The summed E-state index contributed by atoms with van der Waals surface area (Å²) in [6.45, 7) is 7.17. The fourth-order valence-corrected chi connectivity index (χ4v) is 3.20. The predicted octanol–water partition coefficient (Wildman–Crippen LogP) is 2.46. The number of nitrogens with zero attached hydrogens (tertiary/aromatic N) is 2. The number of ether oxygens (including phenoxy) is 1. The van der Waals surface area contributed by atoms with Crippen LogP contribution in [0, 0.1) is 5.92 Å². The molecule has 0 aromatic rings. The predicted molar refractivity (Wildman–Crippen MR) is 70.8 cm³/mol. The minimum Gasteiger partial charge on any atom is -0.444 e. The average Bonchev–Trinajstić information content (AvgIpc) is 2.86. The van der Waals surface area contributed by atoms with Gasteiger partial charge < -0.3 is 13.8 Å². The number of likely N-dealkylation sites (tertiary alicyclic amines) is 1. The van der Waals surface area contributed by atoms with E-state index in [4.69, 9.17) is 8.92 Å². The van der Waals surface area contributed by atoms with Crippen LogP contribution in [0.5, 0.6) is 0 Å². The topological polar surface area (TPSA) is 51.1 Å². The van der Waals surface area contributed by atoms with E-state index < -0.39 is 5.60 Å². The highest BCUT2D eigenvalue weighted by molar-refractivity contribution is 7.82. The van der Waals surface area contributed by atoms with Gasteiger partial charge in [0, 0.05) is 18.8 Å². The first-order valence-electron chi connectivity index (χ1n) is 6.16. The van der Waals surface area contributed by atoms with Gasteiger partial charge in [0.15, 0.2) is 0 Å². The molecule has 102 valence electrons. The molecule has 0 aliphatic carbocycles. The molecule has 0 aromatic heterocycles. The van der Waals surface area contributed by atoms with Crippen molar-refractivity contribution in [1.82, 2.24) is 4.90 Å². The summed E-state index contributed by atoms with van der Waals surface area (Å²) in [5.41, 5.74) is -0.426. The smallest absolute Gasteiger partial charge is 0.410 e. The molecule has 1 unspecified atom stereocenters. The monoisotopic (exact) mass is 272 g/mol. The van der Waals surface area contributed by atoms with Crippen LogP contribution in [0.2, 0.25) is 0 Å². The zero-order valence-corrected chi connectivity index (χ0v) is 11.9. The maximum absolute atomic E-state index is 11.9. The molecule has 5 nitrogen and oxygen atoms in total. The van der Waals surface area contributed by atoms with E-state index >= 15 is 0 Å². The van der Waals surface area contributed by atoms with Gasteiger partial charge in [0.05, 0.1) is 17.2 Å². The fraction of sp³-hybridized carbons (Fsp3) is 0.750. The summed E-state index contributed by atoms with van der Waals surface area (Å²) in [5, 5.41) is 0. The zero-order valence-electron chi connectivity index (χ0n) is 11.1. The second-order valence-corrected chi connectivity index (χ2v) is 6.94. The second kappa shape index (κ2) is 5.30. The molecule has 0 saturated carbocycles. The number of amides is 1. The van der Waals surface area contributed by atoms with Crippen molar-refractivity contribution in [2.45, 2.75) is 32.8 Å². The molecule has 1 saturated heterocycles. The highest BCUT2D eigenvalue weighted by Gasteiger charge is 2.30. The molecule has 6 heteroatoms. The van der Waals surface area contributed by atoms with Gasteiger partial charge in [-0.05, 0) is 33.1 Å². The molecule has 2 aliphatic heterocycles. The molecule has 18 heavy (non-hydrogen) atoms. The number of carbonyl (C=O) groups is 1. The molecule has 2 aliphatic rings. The van der Waals surface area contributed by atoms with E-state index in [1.807, 2.05) is 20.8 Å². The van der Waals surface area contributed by atoms with Gasteiger partial charge in [0.25, 0.3) is 0 Å². The molecular formula is C12H20N2O3S. The third-order valence-corrected chi connectivity index (χ3v) is 4.17. The van der Waals surface area contributed by atoms with Crippen molar-refractivity contribution in [3.63, 3.8) is 0 Å². The molecule has 1 fully saturated rings. The van der Waals surface area contributed by atoms with Gasteiger partial charge in [-0.15, -0.1) is 0 Å². The quantitative estimate of drug-likeness (QED) is 0.776. The number of hydrogen-bond donors (Lipinski definition) is 0. The van der Waals surface area contributed by atoms with Crippen molar-refractivity contribution in [3.05, 3.63) is 12.5 Å². The Hall–Kier alpha value is -1.04. The number of hydrogen-bond acceptors (Lipinski definition) is 4. The minimum atomic E-state index is -0.426. The van der Waals surface area contributed by atoms with Crippen LogP contribution in [0.3, 0.4) is 0 Å². The lowest BCUT2D eigenvalue weighted by molar-refractivity contribution is 0.0289. The molecule has 2 heterocycles. The Labute approximate surface area is 110 Å². The Kier molecular flexibility index (Phi) is 3.94. The van der Waals surface area contributed by atoms with Crippen LogP contribution in [0.1, 0.15) is 27.2 Å². The average molecular weight is 272 g/mol. The fourth-order valence-electron chi connectivity index (χ4n) is 1.95. The van der Waals surface area contributed by atoms with Gasteiger partial charge in [0.1, 0.15) is 11.9 Å². The molecule has 1 amide bonds. The highest BCUT2D eigenvalue weighted by Crippen LogP contribution is 2.21. The maximum atomic E-state index is 11.9. The summed E-state index contributed by atoms with van der Waals surface area (Å²) in [7, 11) is -0.329. The normalized spacial score (nSPS) is 26.9. The Balaban J connectivity index is 1.79. The lowest BCUT2D eigenvalue weighted by atomic mass is 10.2. The van der Waals surface area contributed by atoms with Gasteiger partial charge in [-0.1, -0.05) is 0 Å². The summed E-state index contributed by atoms with van der Waals surface area (Å²) in [5.74, 6) is 1.36. The molecule has 0 bridgehead atoms. The Bertz CT molecular complexity index is 387. The lowest BCUT2D eigenvalue weighted by Crippen LogP contribution is -2.35. The maximum Gasteiger partial charge on any atom is 0.410 e. The van der Waals surface area contributed by atoms with Crippen molar-refractivity contribution in [2.24, 2.45) is 10.3 Å². The summed E-state index contributed by atoms with van der Waals surface area (Å²) < 4.78 is 14.9. The lowest BCUT2D eigenvalue weighted by Gasteiger charge is -2.24. The van der Waals surface area contributed by atoms with E-state index in [0.717, 1.165) is 25.3 Å². The van der Waals surface area contributed by atoms with Crippen molar-refractivity contribution in [1.29, 1.82) is 0 Å². The minimum absolute atomic E-state index is 0.212. The molecule has 0 spiro atoms. The third-order valence-electron chi connectivity index (χ3n) is 2.72. The summed E-state index contributed by atoms with van der Waals surface area (Å²) in [6, 6.07) is 0. The van der Waals surface area contributed by atoms with Gasteiger partial charge in [-0.25, -0.2) is 4.79 Å². The van der Waals surface area contributed by atoms with Crippen LogP contribution in [-0.4, -0.2) is 35.4 Å². The van der Waals surface area contributed by atoms with Gasteiger partial charge in [-0.2, -0.15) is 4.36 Å². The van der Waals surface area contributed by atoms with E-state index in [-0.39, 0.29) is 17.1 Å². The first-order chi connectivity index (χ1) is 8.44. The first-order valence-corrected chi connectivity index (χ1v) is 7.43. The highest BCUT2D eigenvalue weighted by atomic mass is 32.2. The SMILES string of the molecule is CC(C)(C)OC(=O)N1CC[C@H](CS2=NC=CO2)C1. The first kappa shape index (κ1) is 13.4. The van der Waals surface area contributed by atoms with Gasteiger partial charge in [0.2, 0.25) is 0 Å². The standard InChI is InChI=1S/C12H20N2O3S/c1-12(2,3)17-11(15)14-6-4-10(8-14)9-18-13-5-7-16-18/h5,7,10H,4,6,8-9H2,1-3H3/t10-,18?/m0/s1. The molecule has 2 rings (SSSR count). The second-order valence-electron chi connectivity index (χ2n) is 5.56. The van der Waals surface area contributed by atoms with E-state index in [0.29, 0.717) is 5.92 Å². The zero-order chi connectivity index (χ0) is 13.2. The van der Waals surface area contributed by atoms with Gasteiger partial charge >= 0.3 is 6.09 Å². The number of rotatable bonds is 2. The molecule has 2 atom stereocenters. The summed E-state index contributed by atoms with van der Waals surface area (Å²) in [6.07, 6.45) is 4.12. The Morgan fingerprint density at radius 2 is 2.39 bits per heavy atom. The Morgan fingerprint density at radius 3 is 3.00 bits per heavy atom. The summed E-state index contributed by atoms with van der Waals surface area (Å²) >= 11 is 0. The molecular weight excluding hydrogens is 252 g/mol. The van der Waals surface area contributed by atoms with Crippen molar-refractivity contribution >= 4 is 17.1 Å². The van der Waals surface area contributed by atoms with E-state index in [1.165, 1.54) is 0 Å². The molecule has 0 aromatic carbocycles. The van der Waals surface area contributed by atoms with Crippen LogP contribution in [0.4, 0.5) is 4.79 Å². The summed E-state index contributed by atoms with van der Waals surface area (Å²) in [4.78, 5) is 13.7. The van der Waals surface area contributed by atoms with Crippen LogP contribution < -0.4 is 0 Å². The van der Waals surface area contributed by atoms with Crippen molar-refractivity contribution in [2.75, 3.05) is 18.8 Å². The van der Waals surface area contributed by atoms with Crippen LogP contribution in [0.25, 0.3) is 0 Å². The third kappa shape index (κ3) is 3.73. The van der Waals surface area contributed by atoms with Crippen molar-refractivity contribution < 1.29 is 13.7 Å².